The molecule has 0 spiro atoms. The van der Waals surface area contributed by atoms with Gasteiger partial charge in [0.05, 0.1) is 18.1 Å². The van der Waals surface area contributed by atoms with E-state index in [0.717, 1.165) is 5.69 Å². The molecule has 0 bridgehead atoms. The maximum absolute atomic E-state index is 12.6. The molecule has 1 N–H and O–H groups in total. The predicted molar refractivity (Wildman–Crippen MR) is 96.3 cm³/mol. The third kappa shape index (κ3) is 3.79. The van der Waals surface area contributed by atoms with Crippen molar-refractivity contribution in [2.45, 2.75) is 24.8 Å². The number of benzene rings is 1. The average Bonchev–Trinajstić information content (AvgIpc) is 3.08. The van der Waals surface area contributed by atoms with E-state index in [2.05, 4.69) is 10.4 Å². The fourth-order valence-corrected chi connectivity index (χ4v) is 4.20. The second-order valence-electron chi connectivity index (χ2n) is 6.12. The summed E-state index contributed by atoms with van der Waals surface area (Å²) >= 11 is 0. The van der Waals surface area contributed by atoms with Crippen LogP contribution in [0, 0.1) is 6.92 Å². The molecular weight excluding hydrogens is 356 g/mol. The van der Waals surface area contributed by atoms with E-state index in [9.17, 15) is 13.2 Å². The van der Waals surface area contributed by atoms with E-state index in [0.29, 0.717) is 32.0 Å². The fraction of sp³-hybridized carbons (Fsp3) is 0.412. The molecular formula is C17H22N4O4S. The van der Waals surface area contributed by atoms with Crippen molar-refractivity contribution in [3.8, 4) is 0 Å². The topological polar surface area (TPSA) is 93.5 Å². The van der Waals surface area contributed by atoms with Gasteiger partial charge in [0.1, 0.15) is 6.04 Å². The van der Waals surface area contributed by atoms with Crippen LogP contribution >= 0.6 is 0 Å². The maximum Gasteiger partial charge on any atom is 0.248 e. The van der Waals surface area contributed by atoms with Crippen LogP contribution in [0.1, 0.15) is 18.7 Å². The SMILES string of the molecule is Cc1ccnn1C(C)C(=O)Nc1ccc(S(=O)(=O)N2CCOCC2)cc1. The quantitative estimate of drug-likeness (QED) is 0.849. The smallest absolute Gasteiger partial charge is 0.248 e. The van der Waals surface area contributed by atoms with Crippen molar-refractivity contribution >= 4 is 21.6 Å². The fourth-order valence-electron chi connectivity index (χ4n) is 2.79. The van der Waals surface area contributed by atoms with Crippen molar-refractivity contribution in [1.29, 1.82) is 0 Å². The van der Waals surface area contributed by atoms with Gasteiger partial charge in [-0.05, 0) is 44.2 Å². The van der Waals surface area contributed by atoms with Gasteiger partial charge in [-0.2, -0.15) is 9.40 Å². The number of morpholine rings is 1. The number of amides is 1. The first-order chi connectivity index (χ1) is 12.4. The van der Waals surface area contributed by atoms with Crippen LogP contribution in [0.25, 0.3) is 0 Å². The lowest BCUT2D eigenvalue weighted by Gasteiger charge is -2.26. The molecule has 8 nitrogen and oxygen atoms in total. The molecule has 0 aliphatic carbocycles. The van der Waals surface area contributed by atoms with E-state index >= 15 is 0 Å². The Morgan fingerprint density at radius 2 is 1.85 bits per heavy atom. The number of aryl methyl sites for hydroxylation is 1. The van der Waals surface area contributed by atoms with E-state index in [4.69, 9.17) is 4.74 Å². The Morgan fingerprint density at radius 1 is 1.19 bits per heavy atom. The second-order valence-corrected chi connectivity index (χ2v) is 8.06. The third-order valence-electron chi connectivity index (χ3n) is 4.34. The van der Waals surface area contributed by atoms with Crippen LogP contribution in [0.15, 0.2) is 41.4 Å². The summed E-state index contributed by atoms with van der Waals surface area (Å²) in [5.74, 6) is -0.222. The lowest BCUT2D eigenvalue weighted by atomic mass is 10.2. The Kier molecular flexibility index (Phi) is 5.40. The molecule has 26 heavy (non-hydrogen) atoms. The van der Waals surface area contributed by atoms with Gasteiger partial charge in [0.2, 0.25) is 15.9 Å². The number of ether oxygens (including phenoxy) is 1. The van der Waals surface area contributed by atoms with Gasteiger partial charge in [0.25, 0.3) is 0 Å². The molecule has 1 aromatic heterocycles. The molecule has 1 atom stereocenters. The number of rotatable bonds is 5. The Hall–Kier alpha value is -2.23. The largest absolute Gasteiger partial charge is 0.379 e. The second kappa shape index (κ2) is 7.56. The minimum absolute atomic E-state index is 0.202. The lowest BCUT2D eigenvalue weighted by molar-refractivity contribution is -0.119. The standard InChI is InChI=1S/C17H22N4O4S/c1-13-7-8-18-21(13)14(2)17(22)19-15-3-5-16(6-4-15)26(23,24)20-9-11-25-12-10-20/h3-8,14H,9-12H2,1-2H3,(H,19,22). The summed E-state index contributed by atoms with van der Waals surface area (Å²) in [5, 5.41) is 6.92. The van der Waals surface area contributed by atoms with Gasteiger partial charge in [-0.25, -0.2) is 8.42 Å². The van der Waals surface area contributed by atoms with Crippen LogP contribution in [0.3, 0.4) is 0 Å². The molecule has 2 aromatic rings. The van der Waals surface area contributed by atoms with E-state index in [-0.39, 0.29) is 10.8 Å². The Morgan fingerprint density at radius 3 is 2.42 bits per heavy atom. The molecule has 1 aliphatic rings. The molecule has 1 unspecified atom stereocenters. The Bertz CT molecular complexity index is 870. The van der Waals surface area contributed by atoms with E-state index in [1.165, 1.54) is 16.4 Å². The van der Waals surface area contributed by atoms with Gasteiger partial charge >= 0.3 is 0 Å². The number of sulfonamides is 1. The minimum atomic E-state index is -3.54. The van der Waals surface area contributed by atoms with Crippen molar-refractivity contribution in [2.24, 2.45) is 0 Å². The van der Waals surface area contributed by atoms with Crippen molar-refractivity contribution in [2.75, 3.05) is 31.6 Å². The number of aromatic nitrogens is 2. The summed E-state index contributed by atoms with van der Waals surface area (Å²) in [5.41, 5.74) is 1.42. The zero-order chi connectivity index (χ0) is 18.7. The van der Waals surface area contributed by atoms with Crippen LogP contribution < -0.4 is 5.32 Å². The maximum atomic E-state index is 12.6. The predicted octanol–water partition coefficient (Wildman–Crippen LogP) is 1.41. The summed E-state index contributed by atoms with van der Waals surface area (Å²) in [6.07, 6.45) is 1.64. The van der Waals surface area contributed by atoms with Gasteiger partial charge in [-0.1, -0.05) is 0 Å². The summed E-state index contributed by atoms with van der Waals surface area (Å²) < 4.78 is 33.4. The zero-order valence-corrected chi connectivity index (χ0v) is 15.6. The molecule has 0 saturated carbocycles. The molecule has 0 radical (unpaired) electrons. The zero-order valence-electron chi connectivity index (χ0n) is 14.8. The van der Waals surface area contributed by atoms with Gasteiger partial charge in [0.15, 0.2) is 0 Å². The Labute approximate surface area is 152 Å². The van der Waals surface area contributed by atoms with Crippen molar-refractivity contribution in [1.82, 2.24) is 14.1 Å². The van der Waals surface area contributed by atoms with Crippen LogP contribution in [0.2, 0.25) is 0 Å². The van der Waals surface area contributed by atoms with Gasteiger partial charge in [0, 0.05) is 30.7 Å². The van der Waals surface area contributed by atoms with Crippen LogP contribution in [-0.2, 0) is 19.6 Å². The van der Waals surface area contributed by atoms with Gasteiger partial charge < -0.3 is 10.1 Å². The first-order valence-corrected chi connectivity index (χ1v) is 9.82. The molecule has 3 rings (SSSR count). The third-order valence-corrected chi connectivity index (χ3v) is 6.26. The number of nitrogens with zero attached hydrogens (tertiary/aromatic N) is 3. The van der Waals surface area contributed by atoms with Crippen molar-refractivity contribution in [3.05, 3.63) is 42.2 Å². The van der Waals surface area contributed by atoms with Crippen LogP contribution in [0.5, 0.6) is 0 Å². The average molecular weight is 378 g/mol. The number of hydrogen-bond donors (Lipinski definition) is 1. The lowest BCUT2D eigenvalue weighted by Crippen LogP contribution is -2.40. The highest BCUT2D eigenvalue weighted by Crippen LogP contribution is 2.20. The summed E-state index contributed by atoms with van der Waals surface area (Å²) in [6.45, 7) is 5.13. The minimum Gasteiger partial charge on any atom is -0.379 e. The molecule has 1 saturated heterocycles. The van der Waals surface area contributed by atoms with E-state index < -0.39 is 16.1 Å². The van der Waals surface area contributed by atoms with E-state index in [1.54, 1.807) is 29.9 Å². The van der Waals surface area contributed by atoms with Gasteiger partial charge in [-0.3, -0.25) is 9.48 Å². The van der Waals surface area contributed by atoms with Crippen molar-refractivity contribution in [3.63, 3.8) is 0 Å². The van der Waals surface area contributed by atoms with Crippen LogP contribution in [0.4, 0.5) is 5.69 Å². The first kappa shape index (κ1) is 18.6. The monoisotopic (exact) mass is 378 g/mol. The molecule has 1 fully saturated rings. The molecule has 1 aromatic carbocycles. The van der Waals surface area contributed by atoms with Gasteiger partial charge in [-0.15, -0.1) is 0 Å². The molecule has 2 heterocycles. The summed E-state index contributed by atoms with van der Waals surface area (Å²) in [4.78, 5) is 12.6. The first-order valence-electron chi connectivity index (χ1n) is 8.38. The highest BCUT2D eigenvalue weighted by atomic mass is 32.2. The van der Waals surface area contributed by atoms with Crippen molar-refractivity contribution < 1.29 is 17.9 Å². The molecule has 9 heteroatoms. The molecule has 1 aliphatic heterocycles. The number of carbonyl (C=O) groups is 1. The number of anilines is 1. The molecule has 1 amide bonds. The highest BCUT2D eigenvalue weighted by Gasteiger charge is 2.26. The normalized spacial score (nSPS) is 17.0. The number of nitrogens with one attached hydrogen (secondary N) is 1. The number of carbonyl (C=O) groups excluding carboxylic acids is 1. The Balaban J connectivity index is 1.69. The van der Waals surface area contributed by atoms with E-state index in [1.807, 2.05) is 13.0 Å². The van der Waals surface area contributed by atoms with Crippen LogP contribution in [-0.4, -0.2) is 54.7 Å². The summed E-state index contributed by atoms with van der Waals surface area (Å²) in [6, 6.07) is 7.55. The summed E-state index contributed by atoms with van der Waals surface area (Å²) in [7, 11) is -3.54. The molecule has 140 valence electrons. The highest BCUT2D eigenvalue weighted by molar-refractivity contribution is 7.89. The number of hydrogen-bond acceptors (Lipinski definition) is 5.